The van der Waals surface area contributed by atoms with Crippen LogP contribution >= 0.6 is 0 Å². The number of fused-ring (bicyclic) bond motifs is 1. The van der Waals surface area contributed by atoms with Crippen LogP contribution in [0.3, 0.4) is 0 Å². The molecule has 0 unspecified atom stereocenters. The smallest absolute Gasteiger partial charge is 0.303 e. The molecule has 6 heteroatoms. The maximum absolute atomic E-state index is 12.3. The highest BCUT2D eigenvalue weighted by Gasteiger charge is 2.28. The Balaban J connectivity index is 2.04. The van der Waals surface area contributed by atoms with Crippen molar-refractivity contribution in [2.75, 3.05) is 0 Å². The molecule has 0 fully saturated rings. The highest BCUT2D eigenvalue weighted by molar-refractivity contribution is 5.94. The normalized spacial score (nSPS) is 14.7. The Labute approximate surface area is 117 Å². The van der Waals surface area contributed by atoms with Gasteiger partial charge in [-0.3, -0.25) is 9.59 Å². The molecule has 2 rings (SSSR count). The molecule has 1 heterocycles. The summed E-state index contributed by atoms with van der Waals surface area (Å²) in [5.41, 5.74) is 0.668. The van der Waals surface area contributed by atoms with Gasteiger partial charge in [-0.15, -0.1) is 0 Å². The van der Waals surface area contributed by atoms with E-state index in [0.717, 1.165) is 37.0 Å². The van der Waals surface area contributed by atoms with Gasteiger partial charge in [0.2, 0.25) is 0 Å². The molecule has 0 spiro atoms. The zero-order chi connectivity index (χ0) is 14.8. The number of amides is 1. The number of carbonyl (C=O) groups is 2. The SMILES string of the molecule is CC(C)(CCC(=O)O)NC(=O)c1noc2c1CCCC2. The number of carboxylic acids is 1. The predicted octanol–water partition coefficient (Wildman–Crippen LogP) is 1.93. The van der Waals surface area contributed by atoms with Crippen molar-refractivity contribution in [2.45, 2.75) is 57.9 Å². The lowest BCUT2D eigenvalue weighted by atomic mass is 9.95. The summed E-state index contributed by atoms with van der Waals surface area (Å²) in [5, 5.41) is 15.4. The number of nitrogens with zero attached hydrogens (tertiary/aromatic N) is 1. The van der Waals surface area contributed by atoms with E-state index in [-0.39, 0.29) is 12.3 Å². The number of aryl methyl sites for hydroxylation is 1. The molecule has 0 radical (unpaired) electrons. The first-order chi connectivity index (χ1) is 9.39. The van der Waals surface area contributed by atoms with Gasteiger partial charge in [0.15, 0.2) is 5.69 Å². The number of aliphatic carboxylic acids is 1. The van der Waals surface area contributed by atoms with E-state index in [0.29, 0.717) is 12.1 Å². The number of aromatic nitrogens is 1. The minimum Gasteiger partial charge on any atom is -0.481 e. The van der Waals surface area contributed by atoms with E-state index >= 15 is 0 Å². The molecule has 6 nitrogen and oxygen atoms in total. The summed E-state index contributed by atoms with van der Waals surface area (Å²) in [6.07, 6.45) is 4.14. The van der Waals surface area contributed by atoms with Crippen molar-refractivity contribution in [3.63, 3.8) is 0 Å². The van der Waals surface area contributed by atoms with Gasteiger partial charge in [-0.2, -0.15) is 0 Å². The molecule has 0 aromatic carbocycles. The first-order valence-corrected chi connectivity index (χ1v) is 6.91. The van der Waals surface area contributed by atoms with Gasteiger partial charge < -0.3 is 14.9 Å². The number of nitrogens with one attached hydrogen (secondary N) is 1. The van der Waals surface area contributed by atoms with Crippen molar-refractivity contribution in [1.29, 1.82) is 0 Å². The van der Waals surface area contributed by atoms with E-state index in [1.165, 1.54) is 0 Å². The maximum Gasteiger partial charge on any atom is 0.303 e. The van der Waals surface area contributed by atoms with Gasteiger partial charge in [-0.25, -0.2) is 0 Å². The third kappa shape index (κ3) is 3.37. The highest BCUT2D eigenvalue weighted by Crippen LogP contribution is 2.24. The van der Waals surface area contributed by atoms with Crippen LogP contribution in [-0.2, 0) is 17.6 Å². The van der Waals surface area contributed by atoms with Gasteiger partial charge in [-0.1, -0.05) is 5.16 Å². The summed E-state index contributed by atoms with van der Waals surface area (Å²) in [4.78, 5) is 22.9. The Kier molecular flexibility index (Phi) is 4.11. The standard InChI is InChI=1S/C14H20N2O4/c1-14(2,8-7-11(17)18)15-13(19)12-9-5-3-4-6-10(9)20-16-12/h3-8H2,1-2H3,(H,15,19)(H,17,18). The molecule has 0 bridgehead atoms. The summed E-state index contributed by atoms with van der Waals surface area (Å²) in [6, 6.07) is 0. The van der Waals surface area contributed by atoms with Gasteiger partial charge >= 0.3 is 5.97 Å². The minimum absolute atomic E-state index is 0.0181. The lowest BCUT2D eigenvalue weighted by Crippen LogP contribution is -2.44. The quantitative estimate of drug-likeness (QED) is 0.859. The molecular weight excluding hydrogens is 260 g/mol. The first kappa shape index (κ1) is 14.6. The summed E-state index contributed by atoms with van der Waals surface area (Å²) >= 11 is 0. The minimum atomic E-state index is -0.869. The Morgan fingerprint density at radius 1 is 1.35 bits per heavy atom. The van der Waals surface area contributed by atoms with Crippen molar-refractivity contribution in [1.82, 2.24) is 10.5 Å². The molecule has 2 N–H and O–H groups in total. The van der Waals surface area contributed by atoms with E-state index in [2.05, 4.69) is 10.5 Å². The molecule has 1 aliphatic carbocycles. The zero-order valence-corrected chi connectivity index (χ0v) is 11.9. The third-order valence-corrected chi connectivity index (χ3v) is 3.58. The third-order valence-electron chi connectivity index (χ3n) is 3.58. The Morgan fingerprint density at radius 2 is 2.05 bits per heavy atom. The summed E-state index contributed by atoms with van der Waals surface area (Å²) in [6.45, 7) is 3.61. The van der Waals surface area contributed by atoms with Crippen molar-refractivity contribution in [3.05, 3.63) is 17.0 Å². The van der Waals surface area contributed by atoms with Crippen molar-refractivity contribution in [2.24, 2.45) is 0 Å². The molecule has 1 amide bonds. The van der Waals surface area contributed by atoms with Gasteiger partial charge in [0.25, 0.3) is 5.91 Å². The van der Waals surface area contributed by atoms with Crippen LogP contribution < -0.4 is 5.32 Å². The average Bonchev–Trinajstić information content (AvgIpc) is 2.80. The lowest BCUT2D eigenvalue weighted by Gasteiger charge is -2.25. The molecule has 1 aromatic rings. The summed E-state index contributed by atoms with van der Waals surface area (Å²) < 4.78 is 5.22. The van der Waals surface area contributed by atoms with Gasteiger partial charge in [0.05, 0.1) is 0 Å². The second-order valence-electron chi connectivity index (χ2n) is 5.87. The molecular formula is C14H20N2O4. The van der Waals surface area contributed by atoms with Crippen molar-refractivity contribution >= 4 is 11.9 Å². The van der Waals surface area contributed by atoms with Crippen LogP contribution in [0, 0.1) is 0 Å². The Hall–Kier alpha value is -1.85. The van der Waals surface area contributed by atoms with Gasteiger partial charge in [0.1, 0.15) is 5.76 Å². The van der Waals surface area contributed by atoms with Crippen LogP contribution in [0.5, 0.6) is 0 Å². The lowest BCUT2D eigenvalue weighted by molar-refractivity contribution is -0.137. The second-order valence-corrected chi connectivity index (χ2v) is 5.87. The number of hydrogen-bond acceptors (Lipinski definition) is 4. The van der Waals surface area contributed by atoms with Crippen molar-refractivity contribution in [3.8, 4) is 0 Å². The molecule has 110 valence electrons. The highest BCUT2D eigenvalue weighted by atomic mass is 16.5. The molecule has 20 heavy (non-hydrogen) atoms. The van der Waals surface area contributed by atoms with E-state index in [9.17, 15) is 9.59 Å². The molecule has 0 saturated heterocycles. The van der Waals surface area contributed by atoms with Crippen LogP contribution in [0.2, 0.25) is 0 Å². The van der Waals surface area contributed by atoms with Crippen LogP contribution in [0.25, 0.3) is 0 Å². The van der Waals surface area contributed by atoms with Crippen molar-refractivity contribution < 1.29 is 19.2 Å². The number of rotatable bonds is 5. The van der Waals surface area contributed by atoms with E-state index in [4.69, 9.17) is 9.63 Å². The Morgan fingerprint density at radius 3 is 2.75 bits per heavy atom. The van der Waals surface area contributed by atoms with Crippen LogP contribution in [-0.4, -0.2) is 27.7 Å². The fourth-order valence-electron chi connectivity index (χ4n) is 2.41. The Bertz CT molecular complexity index is 519. The average molecular weight is 280 g/mol. The second kappa shape index (κ2) is 5.64. The molecule has 1 aliphatic rings. The zero-order valence-electron chi connectivity index (χ0n) is 11.9. The molecule has 1 aromatic heterocycles. The van der Waals surface area contributed by atoms with Gasteiger partial charge in [0, 0.05) is 23.9 Å². The maximum atomic E-state index is 12.3. The topological polar surface area (TPSA) is 92.4 Å². The molecule has 0 atom stereocenters. The summed E-state index contributed by atoms with van der Waals surface area (Å²) in [5.74, 6) is -0.344. The van der Waals surface area contributed by atoms with E-state index in [1.54, 1.807) is 13.8 Å². The molecule has 0 aliphatic heterocycles. The fraction of sp³-hybridized carbons (Fsp3) is 0.643. The molecule has 0 saturated carbocycles. The number of hydrogen-bond donors (Lipinski definition) is 2. The van der Waals surface area contributed by atoms with E-state index in [1.807, 2.05) is 0 Å². The van der Waals surface area contributed by atoms with Crippen LogP contribution in [0.4, 0.5) is 0 Å². The van der Waals surface area contributed by atoms with Crippen LogP contribution in [0.1, 0.15) is 61.3 Å². The van der Waals surface area contributed by atoms with Crippen LogP contribution in [0.15, 0.2) is 4.52 Å². The number of carboxylic acid groups (broad SMARTS) is 1. The monoisotopic (exact) mass is 280 g/mol. The first-order valence-electron chi connectivity index (χ1n) is 6.91. The van der Waals surface area contributed by atoms with Gasteiger partial charge in [-0.05, 0) is 39.5 Å². The largest absolute Gasteiger partial charge is 0.481 e. The predicted molar refractivity (Wildman–Crippen MR) is 71.6 cm³/mol. The summed E-state index contributed by atoms with van der Waals surface area (Å²) in [7, 11) is 0. The van der Waals surface area contributed by atoms with E-state index < -0.39 is 11.5 Å². The number of carbonyl (C=O) groups excluding carboxylic acids is 1. The fourth-order valence-corrected chi connectivity index (χ4v) is 2.41.